The van der Waals surface area contributed by atoms with E-state index < -0.39 is 17.3 Å². The number of aromatic carboxylic acids is 1. The van der Waals surface area contributed by atoms with Gasteiger partial charge in [-0.1, -0.05) is 0 Å². The fourth-order valence-corrected chi connectivity index (χ4v) is 1.40. The molecule has 19 heavy (non-hydrogen) atoms. The highest BCUT2D eigenvalue weighted by Gasteiger charge is 2.11. The summed E-state index contributed by atoms with van der Waals surface area (Å²) in [5, 5.41) is 8.70. The van der Waals surface area contributed by atoms with Crippen molar-refractivity contribution in [2.24, 2.45) is 0 Å². The average Bonchev–Trinajstić information content (AvgIpc) is 2.39. The molecule has 0 atom stereocenters. The second-order valence-corrected chi connectivity index (χ2v) is 3.59. The lowest BCUT2D eigenvalue weighted by molar-refractivity contribution is 0.0692. The summed E-state index contributed by atoms with van der Waals surface area (Å²) in [5.74, 6) is -1.20. The lowest BCUT2D eigenvalue weighted by atomic mass is 10.2. The van der Waals surface area contributed by atoms with Crippen LogP contribution in [0.3, 0.4) is 0 Å². The van der Waals surface area contributed by atoms with Gasteiger partial charge >= 0.3 is 5.97 Å². The first-order valence-corrected chi connectivity index (χ1v) is 5.31. The van der Waals surface area contributed by atoms with Crippen molar-refractivity contribution in [1.29, 1.82) is 0 Å². The Labute approximate surface area is 108 Å². The summed E-state index contributed by atoms with van der Waals surface area (Å²) in [7, 11) is 1.51. The standard InChI is InChI=1S/C13H10FNO4/c1-18-9-3-5-12(15-7-9)19-8-2-4-10(13(16)17)11(14)6-8/h2-7H,1H3,(H,16,17). The molecule has 0 aliphatic rings. The summed E-state index contributed by atoms with van der Waals surface area (Å²) in [6.45, 7) is 0. The van der Waals surface area contributed by atoms with Crippen molar-refractivity contribution in [3.63, 3.8) is 0 Å². The Kier molecular flexibility index (Phi) is 3.61. The van der Waals surface area contributed by atoms with Crippen molar-refractivity contribution in [3.05, 3.63) is 47.9 Å². The summed E-state index contributed by atoms with van der Waals surface area (Å²) < 4.78 is 23.7. The van der Waals surface area contributed by atoms with E-state index in [0.29, 0.717) is 5.75 Å². The van der Waals surface area contributed by atoms with Crippen molar-refractivity contribution in [2.45, 2.75) is 0 Å². The van der Waals surface area contributed by atoms with Gasteiger partial charge in [0.05, 0.1) is 18.9 Å². The first kappa shape index (κ1) is 12.8. The third-order valence-corrected chi connectivity index (χ3v) is 2.34. The maximum absolute atomic E-state index is 13.4. The minimum Gasteiger partial charge on any atom is -0.495 e. The Balaban J connectivity index is 2.18. The Bertz CT molecular complexity index is 598. The van der Waals surface area contributed by atoms with Crippen LogP contribution >= 0.6 is 0 Å². The number of aromatic nitrogens is 1. The molecule has 1 heterocycles. The molecule has 0 saturated heterocycles. The molecule has 0 spiro atoms. The minimum atomic E-state index is -1.33. The van der Waals surface area contributed by atoms with Gasteiger partial charge in [0, 0.05) is 12.1 Å². The van der Waals surface area contributed by atoms with Crippen LogP contribution in [0, 0.1) is 5.82 Å². The molecule has 0 aliphatic heterocycles. The van der Waals surface area contributed by atoms with Gasteiger partial charge in [-0.25, -0.2) is 14.2 Å². The fourth-order valence-electron chi connectivity index (χ4n) is 1.40. The molecule has 0 aliphatic carbocycles. The zero-order valence-electron chi connectivity index (χ0n) is 9.96. The molecule has 0 bridgehead atoms. The zero-order valence-corrected chi connectivity index (χ0v) is 9.96. The van der Waals surface area contributed by atoms with Crippen LogP contribution in [-0.2, 0) is 0 Å². The van der Waals surface area contributed by atoms with Crippen LogP contribution in [-0.4, -0.2) is 23.2 Å². The van der Waals surface area contributed by atoms with Gasteiger partial charge in [0.2, 0.25) is 5.88 Å². The van der Waals surface area contributed by atoms with Gasteiger partial charge in [0.15, 0.2) is 0 Å². The molecule has 5 nitrogen and oxygen atoms in total. The van der Waals surface area contributed by atoms with E-state index in [-0.39, 0.29) is 11.6 Å². The number of hydrogen-bond acceptors (Lipinski definition) is 4. The van der Waals surface area contributed by atoms with Crippen LogP contribution in [0.15, 0.2) is 36.5 Å². The van der Waals surface area contributed by atoms with Crippen LogP contribution < -0.4 is 9.47 Å². The summed E-state index contributed by atoms with van der Waals surface area (Å²) in [4.78, 5) is 14.6. The molecule has 0 radical (unpaired) electrons. The number of nitrogens with zero attached hydrogens (tertiary/aromatic N) is 1. The molecule has 2 rings (SSSR count). The van der Waals surface area contributed by atoms with E-state index in [0.717, 1.165) is 12.1 Å². The van der Waals surface area contributed by atoms with E-state index >= 15 is 0 Å². The molecule has 0 saturated carbocycles. The summed E-state index contributed by atoms with van der Waals surface area (Å²) in [6, 6.07) is 6.69. The van der Waals surface area contributed by atoms with Gasteiger partial charge in [-0.05, 0) is 18.2 Å². The van der Waals surface area contributed by atoms with Crippen LogP contribution in [0.25, 0.3) is 0 Å². The number of carboxylic acids is 1. The third kappa shape index (κ3) is 2.98. The van der Waals surface area contributed by atoms with Gasteiger partial charge in [-0.3, -0.25) is 0 Å². The molecule has 2 aromatic rings. The van der Waals surface area contributed by atoms with E-state index in [9.17, 15) is 9.18 Å². The number of ether oxygens (including phenoxy) is 2. The maximum Gasteiger partial charge on any atom is 0.338 e. The van der Waals surface area contributed by atoms with Gasteiger partial charge in [0.1, 0.15) is 17.3 Å². The fraction of sp³-hybridized carbons (Fsp3) is 0.0769. The van der Waals surface area contributed by atoms with Crippen LogP contribution in [0.5, 0.6) is 17.4 Å². The van der Waals surface area contributed by atoms with Crippen LogP contribution in [0.4, 0.5) is 4.39 Å². The molecule has 0 fully saturated rings. The SMILES string of the molecule is COc1ccc(Oc2ccc(C(=O)O)c(F)c2)nc1. The predicted octanol–water partition coefficient (Wildman–Crippen LogP) is 2.72. The number of carboxylic acid groups (broad SMARTS) is 1. The Morgan fingerprint density at radius 2 is 2.00 bits per heavy atom. The van der Waals surface area contributed by atoms with Crippen molar-refractivity contribution in [1.82, 2.24) is 4.98 Å². The third-order valence-electron chi connectivity index (χ3n) is 2.34. The Morgan fingerprint density at radius 3 is 2.53 bits per heavy atom. The number of halogens is 1. The quantitative estimate of drug-likeness (QED) is 0.918. The number of hydrogen-bond donors (Lipinski definition) is 1. The Morgan fingerprint density at radius 1 is 1.26 bits per heavy atom. The van der Waals surface area contributed by atoms with E-state index in [1.54, 1.807) is 12.1 Å². The smallest absolute Gasteiger partial charge is 0.338 e. The number of pyridine rings is 1. The highest BCUT2D eigenvalue weighted by Crippen LogP contribution is 2.23. The molecule has 6 heteroatoms. The predicted molar refractivity (Wildman–Crippen MR) is 64.2 cm³/mol. The van der Waals surface area contributed by atoms with Crippen LogP contribution in [0.2, 0.25) is 0 Å². The first-order chi connectivity index (χ1) is 9.10. The Hall–Kier alpha value is -2.63. The molecule has 0 unspecified atom stereocenters. The van der Waals surface area contributed by atoms with Gasteiger partial charge in [0.25, 0.3) is 0 Å². The number of rotatable bonds is 4. The molecule has 1 aromatic heterocycles. The highest BCUT2D eigenvalue weighted by molar-refractivity contribution is 5.88. The molecule has 98 valence electrons. The van der Waals surface area contributed by atoms with Crippen molar-refractivity contribution in [3.8, 4) is 17.4 Å². The number of carbonyl (C=O) groups is 1. The van der Waals surface area contributed by atoms with E-state index in [2.05, 4.69) is 4.98 Å². The second-order valence-electron chi connectivity index (χ2n) is 3.59. The normalized spacial score (nSPS) is 10.0. The van der Waals surface area contributed by atoms with Gasteiger partial charge in [-0.15, -0.1) is 0 Å². The van der Waals surface area contributed by atoms with E-state index in [1.807, 2.05) is 0 Å². The van der Waals surface area contributed by atoms with Crippen molar-refractivity contribution < 1.29 is 23.8 Å². The number of benzene rings is 1. The van der Waals surface area contributed by atoms with Gasteiger partial charge < -0.3 is 14.6 Å². The molecule has 1 N–H and O–H groups in total. The van der Waals surface area contributed by atoms with E-state index in [4.69, 9.17) is 14.6 Å². The van der Waals surface area contributed by atoms with E-state index in [1.165, 1.54) is 19.4 Å². The maximum atomic E-state index is 13.4. The lowest BCUT2D eigenvalue weighted by Gasteiger charge is -2.06. The summed E-state index contributed by atoms with van der Waals surface area (Å²) >= 11 is 0. The lowest BCUT2D eigenvalue weighted by Crippen LogP contribution is -2.00. The molecule has 0 amide bonds. The molecular weight excluding hydrogens is 253 g/mol. The zero-order chi connectivity index (χ0) is 13.8. The monoisotopic (exact) mass is 263 g/mol. The summed E-state index contributed by atoms with van der Waals surface area (Å²) in [6.07, 6.45) is 1.46. The van der Waals surface area contributed by atoms with Crippen molar-refractivity contribution in [2.75, 3.05) is 7.11 Å². The molecular formula is C13H10FNO4. The second kappa shape index (κ2) is 5.34. The van der Waals surface area contributed by atoms with Crippen LogP contribution in [0.1, 0.15) is 10.4 Å². The first-order valence-electron chi connectivity index (χ1n) is 5.31. The number of methoxy groups -OCH3 is 1. The summed E-state index contributed by atoms with van der Waals surface area (Å²) in [5.41, 5.74) is -0.407. The van der Waals surface area contributed by atoms with Crippen molar-refractivity contribution >= 4 is 5.97 Å². The average molecular weight is 263 g/mol. The largest absolute Gasteiger partial charge is 0.495 e. The highest BCUT2D eigenvalue weighted by atomic mass is 19.1. The minimum absolute atomic E-state index is 0.167. The molecule has 1 aromatic carbocycles. The topological polar surface area (TPSA) is 68.7 Å². The van der Waals surface area contributed by atoms with Gasteiger partial charge in [-0.2, -0.15) is 0 Å².